The number of carboxylic acids is 1. The molecule has 0 bridgehead atoms. The summed E-state index contributed by atoms with van der Waals surface area (Å²) in [7, 11) is 0. The van der Waals surface area contributed by atoms with Gasteiger partial charge in [-0.05, 0) is 32.1 Å². The van der Waals surface area contributed by atoms with E-state index in [9.17, 15) is 9.90 Å². The number of aryl methyl sites for hydroxylation is 1. The van der Waals surface area contributed by atoms with Crippen LogP contribution in [0.2, 0.25) is 0 Å². The number of carbonyl (C=O) groups is 1. The predicted octanol–water partition coefficient (Wildman–Crippen LogP) is 2.25. The Morgan fingerprint density at radius 2 is 2.12 bits per heavy atom. The Morgan fingerprint density at radius 1 is 1.35 bits per heavy atom. The zero-order chi connectivity index (χ0) is 11.8. The molecule has 5 heteroatoms. The number of aromatic nitrogens is 1. The van der Waals surface area contributed by atoms with Crippen molar-refractivity contribution in [2.75, 3.05) is 18.0 Å². The van der Waals surface area contributed by atoms with Crippen molar-refractivity contribution in [2.45, 2.75) is 38.0 Å². The van der Waals surface area contributed by atoms with E-state index < -0.39 is 5.97 Å². The topological polar surface area (TPSA) is 53.4 Å². The standard InChI is InChI=1S/C12H16N2O2S/c15-11(16)8-4-3-5-9-10(8)13-12(17-9)14-6-1-2-7-14/h8H,1-7H2,(H,15,16). The lowest BCUT2D eigenvalue weighted by Gasteiger charge is -2.16. The maximum atomic E-state index is 11.2. The maximum absolute atomic E-state index is 11.2. The maximum Gasteiger partial charge on any atom is 0.312 e. The number of hydrogen-bond donors (Lipinski definition) is 1. The number of thiazole rings is 1. The molecule has 0 radical (unpaired) electrons. The molecule has 17 heavy (non-hydrogen) atoms. The van der Waals surface area contributed by atoms with Gasteiger partial charge < -0.3 is 10.0 Å². The largest absolute Gasteiger partial charge is 0.481 e. The van der Waals surface area contributed by atoms with Crippen molar-refractivity contribution in [1.82, 2.24) is 4.98 Å². The number of aliphatic carboxylic acids is 1. The van der Waals surface area contributed by atoms with Gasteiger partial charge in [-0.2, -0.15) is 0 Å². The molecule has 3 rings (SSSR count). The van der Waals surface area contributed by atoms with E-state index in [1.54, 1.807) is 11.3 Å². The molecule has 4 nitrogen and oxygen atoms in total. The Hall–Kier alpha value is -1.10. The molecular weight excluding hydrogens is 236 g/mol. The Kier molecular flexibility index (Phi) is 2.78. The molecule has 2 aliphatic rings. The Bertz CT molecular complexity index is 438. The molecule has 0 aromatic carbocycles. The third-order valence-corrected chi connectivity index (χ3v) is 4.81. The normalized spacial score (nSPS) is 23.8. The second-order valence-electron chi connectivity index (χ2n) is 4.78. The van der Waals surface area contributed by atoms with Gasteiger partial charge in [0.05, 0.1) is 5.69 Å². The molecule has 0 spiro atoms. The molecule has 1 atom stereocenters. The van der Waals surface area contributed by atoms with Crippen LogP contribution in [0, 0.1) is 0 Å². The smallest absolute Gasteiger partial charge is 0.312 e. The summed E-state index contributed by atoms with van der Waals surface area (Å²) < 4.78 is 0. The predicted molar refractivity (Wildman–Crippen MR) is 66.9 cm³/mol. The summed E-state index contributed by atoms with van der Waals surface area (Å²) in [4.78, 5) is 19.3. The van der Waals surface area contributed by atoms with Crippen LogP contribution in [0.1, 0.15) is 42.2 Å². The van der Waals surface area contributed by atoms with Gasteiger partial charge in [-0.25, -0.2) is 4.98 Å². The molecule has 1 aliphatic carbocycles. The van der Waals surface area contributed by atoms with Crippen LogP contribution in [0.4, 0.5) is 5.13 Å². The van der Waals surface area contributed by atoms with Crippen molar-refractivity contribution < 1.29 is 9.90 Å². The van der Waals surface area contributed by atoms with Crippen molar-refractivity contribution in [3.63, 3.8) is 0 Å². The molecule has 0 saturated carbocycles. The van der Waals surface area contributed by atoms with E-state index in [0.29, 0.717) is 0 Å². The van der Waals surface area contributed by atoms with Gasteiger partial charge in [0.1, 0.15) is 5.92 Å². The van der Waals surface area contributed by atoms with Crippen LogP contribution < -0.4 is 4.90 Å². The minimum atomic E-state index is -0.718. The number of nitrogens with zero attached hydrogens (tertiary/aromatic N) is 2. The molecule has 0 amide bonds. The van der Waals surface area contributed by atoms with E-state index in [1.807, 2.05) is 0 Å². The lowest BCUT2D eigenvalue weighted by molar-refractivity contribution is -0.139. The highest BCUT2D eigenvalue weighted by molar-refractivity contribution is 7.15. The first-order valence-corrected chi connectivity index (χ1v) is 7.04. The van der Waals surface area contributed by atoms with Gasteiger partial charge in [0.2, 0.25) is 0 Å². The van der Waals surface area contributed by atoms with Crippen LogP contribution in [0.15, 0.2) is 0 Å². The van der Waals surface area contributed by atoms with Crippen LogP contribution >= 0.6 is 11.3 Å². The molecule has 1 saturated heterocycles. The Morgan fingerprint density at radius 3 is 2.82 bits per heavy atom. The highest BCUT2D eigenvalue weighted by Crippen LogP contribution is 2.38. The van der Waals surface area contributed by atoms with Crippen LogP contribution in [0.3, 0.4) is 0 Å². The molecule has 2 heterocycles. The molecule has 1 aromatic heterocycles. The molecule has 1 fully saturated rings. The lowest BCUT2D eigenvalue weighted by atomic mass is 9.91. The summed E-state index contributed by atoms with van der Waals surface area (Å²) in [5, 5.41) is 10.3. The van der Waals surface area contributed by atoms with Gasteiger partial charge in [0.25, 0.3) is 0 Å². The average Bonchev–Trinajstić information content (AvgIpc) is 2.96. The Labute approximate surface area is 104 Å². The van der Waals surface area contributed by atoms with Gasteiger partial charge in [-0.3, -0.25) is 4.79 Å². The number of carboxylic acid groups (broad SMARTS) is 1. The first-order valence-electron chi connectivity index (χ1n) is 6.23. The first-order chi connectivity index (χ1) is 8.25. The number of hydrogen-bond acceptors (Lipinski definition) is 4. The van der Waals surface area contributed by atoms with Crippen LogP contribution in [-0.2, 0) is 11.2 Å². The average molecular weight is 252 g/mol. The van der Waals surface area contributed by atoms with Crippen molar-refractivity contribution >= 4 is 22.4 Å². The van der Waals surface area contributed by atoms with Gasteiger partial charge in [-0.15, -0.1) is 11.3 Å². The fourth-order valence-electron chi connectivity index (χ4n) is 2.69. The molecule has 1 aliphatic heterocycles. The monoisotopic (exact) mass is 252 g/mol. The number of fused-ring (bicyclic) bond motifs is 1. The third-order valence-electron chi connectivity index (χ3n) is 3.62. The highest BCUT2D eigenvalue weighted by Gasteiger charge is 2.31. The molecule has 92 valence electrons. The summed E-state index contributed by atoms with van der Waals surface area (Å²) in [5.41, 5.74) is 0.843. The molecular formula is C12H16N2O2S. The van der Waals surface area contributed by atoms with Gasteiger partial charge >= 0.3 is 5.97 Å². The van der Waals surface area contributed by atoms with Crippen molar-refractivity contribution in [3.05, 3.63) is 10.6 Å². The van der Waals surface area contributed by atoms with Gasteiger partial charge in [0, 0.05) is 18.0 Å². The Balaban J connectivity index is 1.92. The van der Waals surface area contributed by atoms with Gasteiger partial charge in [-0.1, -0.05) is 0 Å². The molecule has 1 N–H and O–H groups in total. The molecule has 1 aromatic rings. The summed E-state index contributed by atoms with van der Waals surface area (Å²) >= 11 is 1.71. The van der Waals surface area contributed by atoms with E-state index in [2.05, 4.69) is 9.88 Å². The zero-order valence-electron chi connectivity index (χ0n) is 9.69. The van der Waals surface area contributed by atoms with Gasteiger partial charge in [0.15, 0.2) is 5.13 Å². The van der Waals surface area contributed by atoms with E-state index in [4.69, 9.17) is 0 Å². The second-order valence-corrected chi connectivity index (χ2v) is 5.84. The minimum absolute atomic E-state index is 0.369. The van der Waals surface area contributed by atoms with Crippen molar-refractivity contribution in [2.24, 2.45) is 0 Å². The summed E-state index contributed by atoms with van der Waals surface area (Å²) in [6, 6.07) is 0. The van der Waals surface area contributed by atoms with Crippen molar-refractivity contribution in [1.29, 1.82) is 0 Å². The summed E-state index contributed by atoms with van der Waals surface area (Å²) in [6.45, 7) is 2.15. The lowest BCUT2D eigenvalue weighted by Crippen LogP contribution is -2.19. The highest BCUT2D eigenvalue weighted by atomic mass is 32.1. The van der Waals surface area contributed by atoms with E-state index in [-0.39, 0.29) is 5.92 Å². The number of anilines is 1. The second kappa shape index (κ2) is 4.29. The fraction of sp³-hybridized carbons (Fsp3) is 0.667. The van der Waals surface area contributed by atoms with E-state index in [1.165, 1.54) is 17.7 Å². The first kappa shape index (κ1) is 11.0. The molecule has 1 unspecified atom stereocenters. The minimum Gasteiger partial charge on any atom is -0.481 e. The zero-order valence-corrected chi connectivity index (χ0v) is 10.5. The number of rotatable bonds is 2. The summed E-state index contributed by atoms with van der Waals surface area (Å²) in [6.07, 6.45) is 5.18. The fourth-order valence-corrected chi connectivity index (χ4v) is 3.90. The van der Waals surface area contributed by atoms with Crippen LogP contribution in [-0.4, -0.2) is 29.1 Å². The van der Waals surface area contributed by atoms with E-state index in [0.717, 1.165) is 43.2 Å². The van der Waals surface area contributed by atoms with E-state index >= 15 is 0 Å². The summed E-state index contributed by atoms with van der Waals surface area (Å²) in [5.74, 6) is -1.09. The van der Waals surface area contributed by atoms with Crippen LogP contribution in [0.5, 0.6) is 0 Å². The quantitative estimate of drug-likeness (QED) is 0.877. The van der Waals surface area contributed by atoms with Crippen molar-refractivity contribution in [3.8, 4) is 0 Å². The van der Waals surface area contributed by atoms with Crippen LogP contribution in [0.25, 0.3) is 0 Å². The third kappa shape index (κ3) is 1.92. The SMILES string of the molecule is O=C(O)C1CCCc2sc(N3CCCC3)nc21.